The minimum Gasteiger partial charge on any atom is -0.490 e. The third-order valence-corrected chi connectivity index (χ3v) is 7.20. The predicted octanol–water partition coefficient (Wildman–Crippen LogP) is 6.31. The van der Waals surface area contributed by atoms with Crippen molar-refractivity contribution in [2.75, 3.05) is 17.7 Å². The molecule has 0 radical (unpaired) electrons. The van der Waals surface area contributed by atoms with Gasteiger partial charge < -0.3 is 20.7 Å². The number of nitro groups is 1. The Balaban J connectivity index is 1.41. The van der Waals surface area contributed by atoms with Gasteiger partial charge in [0.2, 0.25) is 5.91 Å². The first kappa shape index (κ1) is 27.3. The van der Waals surface area contributed by atoms with Gasteiger partial charge in [0.05, 0.1) is 40.1 Å². The summed E-state index contributed by atoms with van der Waals surface area (Å²) in [5.41, 5.74) is 3.41. The number of carbonyl (C=O) groups excluding carboxylic acids is 2. The van der Waals surface area contributed by atoms with Gasteiger partial charge in [-0.05, 0) is 73.0 Å². The van der Waals surface area contributed by atoms with E-state index in [9.17, 15) is 24.1 Å². The summed E-state index contributed by atoms with van der Waals surface area (Å²) in [7, 11) is 1.37. The Bertz CT molecular complexity index is 1700. The summed E-state index contributed by atoms with van der Waals surface area (Å²) in [6, 6.07) is 21.4. The zero-order valence-electron chi connectivity index (χ0n) is 22.6. The number of amides is 2. The first-order chi connectivity index (χ1) is 19.6. The highest BCUT2D eigenvalue weighted by molar-refractivity contribution is 6.12. The second-order valence-corrected chi connectivity index (χ2v) is 10.1. The molecule has 4 aromatic carbocycles. The van der Waals surface area contributed by atoms with Crippen molar-refractivity contribution in [2.45, 2.75) is 25.8 Å². The van der Waals surface area contributed by atoms with Crippen LogP contribution in [0.25, 0.3) is 11.1 Å². The number of ether oxygens (including phenoxy) is 1. The van der Waals surface area contributed by atoms with Crippen LogP contribution in [0.15, 0.2) is 78.9 Å². The molecule has 0 saturated carbocycles. The van der Waals surface area contributed by atoms with E-state index in [1.165, 1.54) is 19.2 Å². The number of halogens is 1. The summed E-state index contributed by atoms with van der Waals surface area (Å²) in [5.74, 6) is -0.885. The fraction of sp³-hybridized carbons (Fsp3) is 0.161. The second kappa shape index (κ2) is 10.7. The van der Waals surface area contributed by atoms with Crippen molar-refractivity contribution >= 4 is 34.6 Å². The van der Waals surface area contributed by atoms with Crippen molar-refractivity contribution in [3.05, 3.63) is 111 Å². The quantitative estimate of drug-likeness (QED) is 0.182. The largest absolute Gasteiger partial charge is 0.490 e. The van der Waals surface area contributed by atoms with Crippen LogP contribution in [0.4, 0.5) is 27.1 Å². The van der Waals surface area contributed by atoms with E-state index in [0.29, 0.717) is 39.3 Å². The summed E-state index contributed by atoms with van der Waals surface area (Å²) in [6.45, 7) is 3.57. The van der Waals surface area contributed by atoms with Gasteiger partial charge in [-0.1, -0.05) is 30.3 Å². The Morgan fingerprint density at radius 3 is 2.41 bits per heavy atom. The lowest BCUT2D eigenvalue weighted by Crippen LogP contribution is -2.39. The number of rotatable bonds is 7. The van der Waals surface area contributed by atoms with E-state index in [1.807, 2.05) is 0 Å². The Hall–Kier alpha value is -5.25. The molecule has 0 unspecified atom stereocenters. The molecule has 0 aromatic heterocycles. The summed E-state index contributed by atoms with van der Waals surface area (Å²) >= 11 is 0. The molecule has 0 fully saturated rings. The van der Waals surface area contributed by atoms with Crippen molar-refractivity contribution < 1.29 is 23.6 Å². The molecule has 4 aromatic rings. The molecule has 41 heavy (non-hydrogen) atoms. The maximum absolute atomic E-state index is 14.0. The van der Waals surface area contributed by atoms with Crippen LogP contribution in [0.3, 0.4) is 0 Å². The van der Waals surface area contributed by atoms with Crippen molar-refractivity contribution in [3.63, 3.8) is 0 Å². The van der Waals surface area contributed by atoms with Gasteiger partial charge in [0.25, 0.3) is 5.91 Å². The summed E-state index contributed by atoms with van der Waals surface area (Å²) in [4.78, 5) is 37.0. The minimum atomic E-state index is -0.980. The molecule has 2 amide bonds. The predicted molar refractivity (Wildman–Crippen MR) is 154 cm³/mol. The first-order valence-corrected chi connectivity index (χ1v) is 12.8. The Morgan fingerprint density at radius 2 is 1.68 bits per heavy atom. The molecule has 9 nitrogen and oxygen atoms in total. The van der Waals surface area contributed by atoms with Crippen LogP contribution in [-0.4, -0.2) is 23.8 Å². The van der Waals surface area contributed by atoms with E-state index in [4.69, 9.17) is 4.74 Å². The van der Waals surface area contributed by atoms with Crippen LogP contribution in [0.5, 0.6) is 5.75 Å². The third-order valence-electron chi connectivity index (χ3n) is 7.20. The normalized spacial score (nSPS) is 12.2. The number of benzene rings is 4. The molecule has 0 saturated heterocycles. The fourth-order valence-corrected chi connectivity index (χ4v) is 4.68. The maximum Gasteiger partial charge on any atom is 0.310 e. The second-order valence-electron chi connectivity index (χ2n) is 10.1. The van der Waals surface area contributed by atoms with Crippen LogP contribution >= 0.6 is 0 Å². The lowest BCUT2D eigenvalue weighted by Gasteiger charge is -2.25. The van der Waals surface area contributed by atoms with Crippen LogP contribution < -0.4 is 20.7 Å². The Labute approximate surface area is 235 Å². The van der Waals surface area contributed by atoms with Crippen LogP contribution in [-0.2, 0) is 16.8 Å². The highest BCUT2D eigenvalue weighted by Gasteiger charge is 2.31. The molecule has 0 aliphatic carbocycles. The van der Waals surface area contributed by atoms with Crippen molar-refractivity contribution in [2.24, 2.45) is 0 Å². The third kappa shape index (κ3) is 5.31. The standard InChI is InChI=1S/C31H27FN4O5/c1-31(2,30(38)33-17-20-6-4-5-7-23(20)32)21-10-12-24-26(16-21)35-29(37)22-11-8-18(14-25(22)34-24)19-9-13-27(36(39)40)28(15-19)41-3/h4-16,34H,17H2,1-3H3,(H,33,38)(H,35,37). The van der Waals surface area contributed by atoms with Gasteiger partial charge in [-0.25, -0.2) is 4.39 Å². The van der Waals surface area contributed by atoms with E-state index in [-0.39, 0.29) is 35.6 Å². The van der Waals surface area contributed by atoms with E-state index >= 15 is 0 Å². The topological polar surface area (TPSA) is 123 Å². The Kier molecular flexibility index (Phi) is 7.15. The monoisotopic (exact) mass is 554 g/mol. The van der Waals surface area contributed by atoms with Gasteiger partial charge in [0, 0.05) is 18.2 Å². The van der Waals surface area contributed by atoms with E-state index in [0.717, 1.165) is 5.56 Å². The van der Waals surface area contributed by atoms with Crippen LogP contribution in [0.1, 0.15) is 35.3 Å². The van der Waals surface area contributed by atoms with Gasteiger partial charge in [0.1, 0.15) is 5.82 Å². The number of nitro benzene ring substituents is 1. The fourth-order valence-electron chi connectivity index (χ4n) is 4.68. The number of methoxy groups -OCH3 is 1. The van der Waals surface area contributed by atoms with E-state index in [2.05, 4.69) is 16.0 Å². The highest BCUT2D eigenvalue weighted by Crippen LogP contribution is 2.38. The van der Waals surface area contributed by atoms with Gasteiger partial charge in [-0.2, -0.15) is 0 Å². The van der Waals surface area contributed by atoms with Crippen LogP contribution in [0.2, 0.25) is 0 Å². The summed E-state index contributed by atoms with van der Waals surface area (Å²) in [6.07, 6.45) is 0. The molecular formula is C31H27FN4O5. The van der Waals surface area contributed by atoms with Crippen molar-refractivity contribution in [3.8, 4) is 16.9 Å². The molecule has 0 spiro atoms. The van der Waals surface area contributed by atoms with Gasteiger partial charge in [0.15, 0.2) is 5.75 Å². The smallest absolute Gasteiger partial charge is 0.310 e. The van der Waals surface area contributed by atoms with Gasteiger partial charge in [-0.3, -0.25) is 19.7 Å². The summed E-state index contributed by atoms with van der Waals surface area (Å²) in [5, 5.41) is 20.3. The number of hydrogen-bond donors (Lipinski definition) is 3. The molecule has 3 N–H and O–H groups in total. The van der Waals surface area contributed by atoms with E-state index in [1.54, 1.807) is 80.6 Å². The minimum absolute atomic E-state index is 0.0520. The van der Waals surface area contributed by atoms with Gasteiger partial charge >= 0.3 is 5.69 Å². The molecule has 1 aliphatic heterocycles. The molecule has 10 heteroatoms. The molecule has 5 rings (SSSR count). The van der Waals surface area contributed by atoms with Crippen LogP contribution in [0, 0.1) is 15.9 Å². The lowest BCUT2D eigenvalue weighted by molar-refractivity contribution is -0.385. The molecular weight excluding hydrogens is 527 g/mol. The number of fused-ring (bicyclic) bond motifs is 2. The first-order valence-electron chi connectivity index (χ1n) is 12.8. The maximum atomic E-state index is 14.0. The highest BCUT2D eigenvalue weighted by atomic mass is 19.1. The van der Waals surface area contributed by atoms with Crippen molar-refractivity contribution in [1.29, 1.82) is 0 Å². The average molecular weight is 555 g/mol. The van der Waals surface area contributed by atoms with Gasteiger partial charge in [-0.15, -0.1) is 0 Å². The number of hydrogen-bond acceptors (Lipinski definition) is 6. The lowest BCUT2D eigenvalue weighted by atomic mass is 9.83. The molecule has 0 bridgehead atoms. The average Bonchev–Trinajstić information content (AvgIpc) is 3.10. The zero-order chi connectivity index (χ0) is 29.3. The number of anilines is 3. The number of nitrogens with zero attached hydrogens (tertiary/aromatic N) is 1. The SMILES string of the molecule is COc1cc(-c2ccc3c(c2)Nc2ccc(C(C)(C)C(=O)NCc4ccccc4F)cc2NC3=O)ccc1[N+](=O)[O-]. The number of nitrogens with one attached hydrogen (secondary N) is 3. The molecule has 1 aliphatic rings. The van der Waals surface area contributed by atoms with Crippen molar-refractivity contribution in [1.82, 2.24) is 5.32 Å². The number of carbonyl (C=O) groups is 2. The van der Waals surface area contributed by atoms with E-state index < -0.39 is 10.3 Å². The molecule has 208 valence electrons. The summed E-state index contributed by atoms with van der Waals surface area (Å²) < 4.78 is 19.2. The molecule has 0 atom stereocenters. The molecule has 1 heterocycles. The zero-order valence-corrected chi connectivity index (χ0v) is 22.6. The Morgan fingerprint density at radius 1 is 0.951 bits per heavy atom.